The number of hydrogen-bond donors (Lipinski definition) is 1. The van der Waals surface area contributed by atoms with Crippen LogP contribution in [0.4, 0.5) is 8.78 Å². The van der Waals surface area contributed by atoms with Gasteiger partial charge in [0.25, 0.3) is 0 Å². The van der Waals surface area contributed by atoms with Gasteiger partial charge >= 0.3 is 0 Å². The molecular formula is C15H12BrClF2O. The Kier molecular flexibility index (Phi) is 5.13. The number of halogens is 4. The number of hydrogen-bond acceptors (Lipinski definition) is 1. The van der Waals surface area contributed by atoms with Gasteiger partial charge in [-0.15, -0.1) is 0 Å². The van der Waals surface area contributed by atoms with E-state index in [1.54, 1.807) is 18.2 Å². The first-order valence-corrected chi connectivity index (χ1v) is 7.19. The molecule has 0 spiro atoms. The van der Waals surface area contributed by atoms with E-state index in [0.29, 0.717) is 21.5 Å². The van der Waals surface area contributed by atoms with Gasteiger partial charge in [0.15, 0.2) is 0 Å². The van der Waals surface area contributed by atoms with Gasteiger partial charge in [0, 0.05) is 17.0 Å². The summed E-state index contributed by atoms with van der Waals surface area (Å²) >= 11 is 9.00. The molecule has 0 radical (unpaired) electrons. The zero-order valence-corrected chi connectivity index (χ0v) is 12.8. The Bertz CT molecular complexity index is 599. The lowest BCUT2D eigenvalue weighted by Crippen LogP contribution is -2.15. The Morgan fingerprint density at radius 1 is 1.10 bits per heavy atom. The minimum absolute atomic E-state index is 0.112. The van der Waals surface area contributed by atoms with Crippen LogP contribution in [-0.4, -0.2) is 11.2 Å². The van der Waals surface area contributed by atoms with E-state index < -0.39 is 11.9 Å². The molecule has 0 amide bonds. The molecule has 0 fully saturated rings. The average molecular weight is 362 g/mol. The Morgan fingerprint density at radius 2 is 1.85 bits per heavy atom. The maximum absolute atomic E-state index is 13.6. The highest BCUT2D eigenvalue weighted by Gasteiger charge is 2.14. The first kappa shape index (κ1) is 15.4. The van der Waals surface area contributed by atoms with Crippen molar-refractivity contribution in [1.82, 2.24) is 0 Å². The third kappa shape index (κ3) is 3.78. The van der Waals surface area contributed by atoms with Crippen LogP contribution in [0.15, 0.2) is 40.9 Å². The molecule has 2 aromatic rings. The standard InChI is InChI=1S/C15H12BrClF2O/c16-12-7-9(4-5-15(12)19)6-10(20)8-11-13(17)2-1-3-14(11)18/h1-5,7,10,20H,6,8H2. The molecule has 5 heteroatoms. The highest BCUT2D eigenvalue weighted by Crippen LogP contribution is 2.22. The molecule has 1 atom stereocenters. The zero-order chi connectivity index (χ0) is 14.7. The SMILES string of the molecule is OC(Cc1ccc(F)c(Br)c1)Cc1c(F)cccc1Cl. The predicted molar refractivity (Wildman–Crippen MR) is 78.9 cm³/mol. The van der Waals surface area contributed by atoms with Crippen molar-refractivity contribution in [1.29, 1.82) is 0 Å². The molecule has 0 aliphatic rings. The molecule has 1 nitrogen and oxygen atoms in total. The summed E-state index contributed by atoms with van der Waals surface area (Å²) in [5.41, 5.74) is 1.06. The molecule has 0 aliphatic carbocycles. The molecule has 20 heavy (non-hydrogen) atoms. The number of benzene rings is 2. The Labute approximate surface area is 129 Å². The summed E-state index contributed by atoms with van der Waals surface area (Å²) in [6, 6.07) is 8.92. The topological polar surface area (TPSA) is 20.2 Å². The quantitative estimate of drug-likeness (QED) is 0.848. The molecule has 2 rings (SSSR count). The second-order valence-corrected chi connectivity index (χ2v) is 5.77. The minimum Gasteiger partial charge on any atom is -0.392 e. The second-order valence-electron chi connectivity index (χ2n) is 4.51. The predicted octanol–water partition coefficient (Wildman–Crippen LogP) is 4.53. The summed E-state index contributed by atoms with van der Waals surface area (Å²) in [4.78, 5) is 0. The van der Waals surface area contributed by atoms with Gasteiger partial charge in [-0.3, -0.25) is 0 Å². The van der Waals surface area contributed by atoms with E-state index in [0.717, 1.165) is 5.56 Å². The number of rotatable bonds is 4. The van der Waals surface area contributed by atoms with Gasteiger partial charge in [-0.2, -0.15) is 0 Å². The lowest BCUT2D eigenvalue weighted by Gasteiger charge is -2.13. The first-order chi connectivity index (χ1) is 9.47. The summed E-state index contributed by atoms with van der Waals surface area (Å²) in [7, 11) is 0. The summed E-state index contributed by atoms with van der Waals surface area (Å²) in [5.74, 6) is -0.794. The Morgan fingerprint density at radius 3 is 2.50 bits per heavy atom. The van der Waals surface area contributed by atoms with Gasteiger partial charge in [0.1, 0.15) is 11.6 Å². The first-order valence-electron chi connectivity index (χ1n) is 6.02. The normalized spacial score (nSPS) is 12.4. The van der Waals surface area contributed by atoms with Crippen LogP contribution < -0.4 is 0 Å². The van der Waals surface area contributed by atoms with Crippen molar-refractivity contribution in [3.63, 3.8) is 0 Å². The van der Waals surface area contributed by atoms with Crippen LogP contribution in [0, 0.1) is 11.6 Å². The lowest BCUT2D eigenvalue weighted by molar-refractivity contribution is 0.174. The van der Waals surface area contributed by atoms with Crippen molar-refractivity contribution >= 4 is 27.5 Å². The molecule has 1 unspecified atom stereocenters. The molecule has 0 aromatic heterocycles. The molecule has 0 bridgehead atoms. The van der Waals surface area contributed by atoms with Crippen LogP contribution in [0.3, 0.4) is 0 Å². The molecule has 0 saturated heterocycles. The van der Waals surface area contributed by atoms with Crippen molar-refractivity contribution < 1.29 is 13.9 Å². The smallest absolute Gasteiger partial charge is 0.137 e. The maximum Gasteiger partial charge on any atom is 0.137 e. The fourth-order valence-electron chi connectivity index (χ4n) is 1.97. The van der Waals surface area contributed by atoms with E-state index in [1.807, 2.05) is 0 Å². The molecule has 0 saturated carbocycles. The third-order valence-corrected chi connectivity index (χ3v) is 3.92. The van der Waals surface area contributed by atoms with E-state index in [1.165, 1.54) is 18.2 Å². The minimum atomic E-state index is -0.790. The lowest BCUT2D eigenvalue weighted by atomic mass is 10.0. The monoisotopic (exact) mass is 360 g/mol. The van der Waals surface area contributed by atoms with E-state index in [-0.39, 0.29) is 12.2 Å². The third-order valence-electron chi connectivity index (χ3n) is 2.96. The van der Waals surface area contributed by atoms with Crippen molar-refractivity contribution in [3.05, 3.63) is 68.7 Å². The van der Waals surface area contributed by atoms with E-state index in [4.69, 9.17) is 11.6 Å². The molecule has 0 aliphatic heterocycles. The van der Waals surface area contributed by atoms with Crippen LogP contribution in [0.2, 0.25) is 5.02 Å². The van der Waals surface area contributed by atoms with Crippen molar-refractivity contribution in [3.8, 4) is 0 Å². The van der Waals surface area contributed by atoms with Crippen LogP contribution in [0.5, 0.6) is 0 Å². The summed E-state index contributed by atoms with van der Waals surface area (Å²) in [6.45, 7) is 0. The highest BCUT2D eigenvalue weighted by atomic mass is 79.9. The van der Waals surface area contributed by atoms with Crippen LogP contribution in [0.25, 0.3) is 0 Å². The van der Waals surface area contributed by atoms with E-state index in [2.05, 4.69) is 15.9 Å². The van der Waals surface area contributed by atoms with Gasteiger partial charge in [0.2, 0.25) is 0 Å². The Balaban J connectivity index is 2.09. The number of aliphatic hydroxyl groups excluding tert-OH is 1. The molecule has 0 heterocycles. The number of aliphatic hydroxyl groups is 1. The van der Waals surface area contributed by atoms with Crippen LogP contribution >= 0.6 is 27.5 Å². The van der Waals surface area contributed by atoms with Crippen LogP contribution in [0.1, 0.15) is 11.1 Å². The van der Waals surface area contributed by atoms with Crippen molar-refractivity contribution in [2.45, 2.75) is 18.9 Å². The van der Waals surface area contributed by atoms with Crippen molar-refractivity contribution in [2.24, 2.45) is 0 Å². The summed E-state index contributed by atoms with van der Waals surface area (Å²) < 4.78 is 27.1. The van der Waals surface area contributed by atoms with Crippen LogP contribution in [-0.2, 0) is 12.8 Å². The van der Waals surface area contributed by atoms with Gasteiger partial charge < -0.3 is 5.11 Å². The molecule has 2 aromatic carbocycles. The largest absolute Gasteiger partial charge is 0.392 e. The highest BCUT2D eigenvalue weighted by molar-refractivity contribution is 9.10. The van der Waals surface area contributed by atoms with E-state index in [9.17, 15) is 13.9 Å². The second kappa shape index (κ2) is 6.66. The summed E-state index contributed by atoms with van der Waals surface area (Å²) in [6.07, 6.45) is -0.383. The van der Waals surface area contributed by atoms with E-state index >= 15 is 0 Å². The fourth-order valence-corrected chi connectivity index (χ4v) is 2.64. The van der Waals surface area contributed by atoms with Gasteiger partial charge in [-0.1, -0.05) is 23.7 Å². The summed E-state index contributed by atoms with van der Waals surface area (Å²) in [5, 5.41) is 10.3. The van der Waals surface area contributed by atoms with Crippen molar-refractivity contribution in [2.75, 3.05) is 0 Å². The van der Waals surface area contributed by atoms with Gasteiger partial charge in [-0.25, -0.2) is 8.78 Å². The molecular weight excluding hydrogens is 350 g/mol. The van der Waals surface area contributed by atoms with Gasteiger partial charge in [0.05, 0.1) is 10.6 Å². The molecule has 106 valence electrons. The average Bonchev–Trinajstić information content (AvgIpc) is 2.38. The molecule has 1 N–H and O–H groups in total. The fraction of sp³-hybridized carbons (Fsp3) is 0.200. The zero-order valence-electron chi connectivity index (χ0n) is 10.4. The Hall–Kier alpha value is -0.970. The van der Waals surface area contributed by atoms with Gasteiger partial charge in [-0.05, 0) is 52.2 Å². The maximum atomic E-state index is 13.6.